The fourth-order valence-electron chi connectivity index (χ4n) is 2.32. The maximum Gasteiger partial charge on any atom is 0.0308 e. The monoisotopic (exact) mass is 233 g/mol. The average Bonchev–Trinajstić information content (AvgIpc) is 2.13. The fraction of sp³-hybridized carbons (Fsp3) is 0.688. The van der Waals surface area contributed by atoms with Gasteiger partial charge in [0.2, 0.25) is 0 Å². The molecule has 0 N–H and O–H groups in total. The van der Waals surface area contributed by atoms with Crippen molar-refractivity contribution in [3.63, 3.8) is 0 Å². The topological polar surface area (TPSA) is 12.9 Å². The first-order valence-corrected chi connectivity index (χ1v) is 6.54. The maximum absolute atomic E-state index is 4.45. The highest BCUT2D eigenvalue weighted by Crippen LogP contribution is 2.37. The van der Waals surface area contributed by atoms with E-state index in [1.165, 1.54) is 16.7 Å². The Morgan fingerprint density at radius 3 is 1.76 bits per heavy atom. The molecule has 1 heterocycles. The van der Waals surface area contributed by atoms with Gasteiger partial charge in [0.05, 0.1) is 0 Å². The number of nitrogens with zero attached hydrogens (tertiary/aromatic N) is 1. The van der Waals surface area contributed by atoms with Crippen LogP contribution in [0.2, 0.25) is 0 Å². The smallest absolute Gasteiger partial charge is 0.0308 e. The second-order valence-corrected chi connectivity index (χ2v) is 7.31. The summed E-state index contributed by atoms with van der Waals surface area (Å²) in [5, 5.41) is 0. The van der Waals surface area contributed by atoms with Gasteiger partial charge >= 0.3 is 0 Å². The number of pyridine rings is 1. The third-order valence-corrected chi connectivity index (χ3v) is 3.16. The normalized spacial score (nSPS) is 13.2. The van der Waals surface area contributed by atoms with Crippen molar-refractivity contribution >= 4 is 0 Å². The number of aromatic nitrogens is 1. The molecule has 0 amide bonds. The van der Waals surface area contributed by atoms with Crippen LogP contribution in [0.5, 0.6) is 0 Å². The second-order valence-electron chi connectivity index (χ2n) is 7.31. The summed E-state index contributed by atoms with van der Waals surface area (Å²) in [6.07, 6.45) is 4.09. The van der Waals surface area contributed by atoms with Crippen LogP contribution < -0.4 is 0 Å². The van der Waals surface area contributed by atoms with Gasteiger partial charge in [-0.25, -0.2) is 0 Å². The summed E-state index contributed by atoms with van der Waals surface area (Å²) in [5.41, 5.74) is 4.59. The molecule has 0 aliphatic carbocycles. The van der Waals surface area contributed by atoms with Crippen LogP contribution >= 0.6 is 0 Å². The molecule has 0 radical (unpaired) electrons. The predicted molar refractivity (Wildman–Crippen MR) is 75.7 cm³/mol. The molecular formula is C16H27N. The number of hydrogen-bond donors (Lipinski definition) is 0. The van der Waals surface area contributed by atoms with Gasteiger partial charge in [-0.1, -0.05) is 55.4 Å². The summed E-state index contributed by atoms with van der Waals surface area (Å²) in [6, 6.07) is 0. The van der Waals surface area contributed by atoms with E-state index in [0.717, 1.165) is 0 Å². The summed E-state index contributed by atoms with van der Waals surface area (Å²) in [5.74, 6) is 0.527. The quantitative estimate of drug-likeness (QED) is 0.679. The molecule has 17 heavy (non-hydrogen) atoms. The molecule has 1 nitrogen and oxygen atoms in total. The van der Waals surface area contributed by atoms with Crippen LogP contribution in [0.3, 0.4) is 0 Å². The van der Waals surface area contributed by atoms with Crippen molar-refractivity contribution in [3.8, 4) is 0 Å². The molecule has 0 saturated carbocycles. The largest absolute Gasteiger partial charge is 0.264 e. The third-order valence-electron chi connectivity index (χ3n) is 3.16. The van der Waals surface area contributed by atoms with Crippen LogP contribution in [0.15, 0.2) is 12.4 Å². The molecule has 0 aromatic carbocycles. The Balaban J connectivity index is 3.58. The van der Waals surface area contributed by atoms with Crippen LogP contribution in [0.1, 0.15) is 78.0 Å². The van der Waals surface area contributed by atoms with Gasteiger partial charge in [0.1, 0.15) is 0 Å². The minimum absolute atomic E-state index is 0.153. The lowest BCUT2D eigenvalue weighted by atomic mass is 9.73. The van der Waals surface area contributed by atoms with E-state index < -0.39 is 0 Å². The Morgan fingerprint density at radius 1 is 0.882 bits per heavy atom. The fourth-order valence-corrected chi connectivity index (χ4v) is 2.32. The minimum Gasteiger partial charge on any atom is -0.264 e. The number of rotatable bonds is 1. The summed E-state index contributed by atoms with van der Waals surface area (Å²) in [6.45, 7) is 18.2. The highest BCUT2D eigenvalue weighted by Gasteiger charge is 2.28. The molecular weight excluding hydrogens is 206 g/mol. The zero-order chi connectivity index (χ0) is 13.4. The lowest BCUT2D eigenvalue weighted by molar-refractivity contribution is 0.518. The van der Waals surface area contributed by atoms with E-state index in [0.29, 0.717) is 5.92 Å². The molecule has 0 aliphatic heterocycles. The van der Waals surface area contributed by atoms with Crippen LogP contribution in [-0.2, 0) is 10.8 Å². The average molecular weight is 233 g/mol. The molecule has 96 valence electrons. The SMILES string of the molecule is CC(C)c1cncc(C(C)(C)C)c1C(C)(C)C. The van der Waals surface area contributed by atoms with Gasteiger partial charge in [0, 0.05) is 12.4 Å². The zero-order valence-corrected chi connectivity index (χ0v) is 12.7. The van der Waals surface area contributed by atoms with E-state index in [1.807, 2.05) is 12.4 Å². The van der Waals surface area contributed by atoms with Crippen LogP contribution in [0.25, 0.3) is 0 Å². The third kappa shape index (κ3) is 3.08. The Labute approximate surface area is 107 Å². The molecule has 1 heteroatoms. The van der Waals surface area contributed by atoms with Gasteiger partial charge in [-0.05, 0) is 33.4 Å². The Kier molecular flexibility index (Phi) is 3.71. The van der Waals surface area contributed by atoms with Crippen LogP contribution in [-0.4, -0.2) is 4.98 Å². The van der Waals surface area contributed by atoms with Gasteiger partial charge in [-0.2, -0.15) is 0 Å². The summed E-state index contributed by atoms with van der Waals surface area (Å²) in [4.78, 5) is 4.45. The standard InChI is InChI=1S/C16H27N/c1-11(2)12-9-17-10-13(15(3,4)5)14(12)16(6,7)8/h9-11H,1-8H3. The molecule has 0 atom stereocenters. The first-order chi connectivity index (χ1) is 7.55. The van der Waals surface area contributed by atoms with Crippen molar-refractivity contribution in [1.29, 1.82) is 0 Å². The van der Waals surface area contributed by atoms with Crippen LogP contribution in [0.4, 0.5) is 0 Å². The van der Waals surface area contributed by atoms with Crippen molar-refractivity contribution in [2.45, 2.75) is 72.1 Å². The molecule has 1 rings (SSSR count). The zero-order valence-electron chi connectivity index (χ0n) is 12.7. The van der Waals surface area contributed by atoms with E-state index in [9.17, 15) is 0 Å². The van der Waals surface area contributed by atoms with E-state index in [2.05, 4.69) is 60.4 Å². The molecule has 0 aliphatic rings. The van der Waals surface area contributed by atoms with Gasteiger partial charge in [0.25, 0.3) is 0 Å². The van der Waals surface area contributed by atoms with Crippen molar-refractivity contribution < 1.29 is 0 Å². The lowest BCUT2D eigenvalue weighted by Crippen LogP contribution is -2.24. The van der Waals surface area contributed by atoms with Gasteiger partial charge in [-0.15, -0.1) is 0 Å². The van der Waals surface area contributed by atoms with E-state index >= 15 is 0 Å². The minimum atomic E-state index is 0.153. The lowest BCUT2D eigenvalue weighted by Gasteiger charge is -2.32. The molecule has 1 aromatic heterocycles. The predicted octanol–water partition coefficient (Wildman–Crippen LogP) is 4.80. The Bertz CT molecular complexity index is 389. The molecule has 0 saturated heterocycles. The maximum atomic E-state index is 4.45. The van der Waals surface area contributed by atoms with Crippen molar-refractivity contribution in [2.24, 2.45) is 0 Å². The molecule has 0 fully saturated rings. The highest BCUT2D eigenvalue weighted by molar-refractivity contribution is 5.42. The van der Waals surface area contributed by atoms with Crippen molar-refractivity contribution in [3.05, 3.63) is 29.1 Å². The number of hydrogen-bond acceptors (Lipinski definition) is 1. The summed E-state index contributed by atoms with van der Waals surface area (Å²) >= 11 is 0. The highest BCUT2D eigenvalue weighted by atomic mass is 14.6. The summed E-state index contributed by atoms with van der Waals surface area (Å²) in [7, 11) is 0. The van der Waals surface area contributed by atoms with Crippen molar-refractivity contribution in [1.82, 2.24) is 4.98 Å². The summed E-state index contributed by atoms with van der Waals surface area (Å²) < 4.78 is 0. The first-order valence-electron chi connectivity index (χ1n) is 6.54. The van der Waals surface area contributed by atoms with E-state index in [1.54, 1.807) is 0 Å². The molecule has 0 bridgehead atoms. The van der Waals surface area contributed by atoms with Crippen LogP contribution in [0, 0.1) is 0 Å². The Morgan fingerprint density at radius 2 is 1.41 bits per heavy atom. The molecule has 1 aromatic rings. The van der Waals surface area contributed by atoms with E-state index in [-0.39, 0.29) is 10.8 Å². The van der Waals surface area contributed by atoms with Crippen molar-refractivity contribution in [2.75, 3.05) is 0 Å². The second kappa shape index (κ2) is 4.44. The van der Waals surface area contributed by atoms with Gasteiger partial charge in [0.15, 0.2) is 0 Å². The molecule has 0 unspecified atom stereocenters. The first kappa shape index (κ1) is 14.2. The van der Waals surface area contributed by atoms with E-state index in [4.69, 9.17) is 0 Å². The van der Waals surface area contributed by atoms with Gasteiger partial charge in [-0.3, -0.25) is 4.98 Å². The van der Waals surface area contributed by atoms with Gasteiger partial charge < -0.3 is 0 Å². The molecule has 0 spiro atoms. The Hall–Kier alpha value is -0.850.